The number of phenols is 1. The number of hydrogen-bond acceptors (Lipinski definition) is 3. The van der Waals surface area contributed by atoms with Crippen LogP contribution in [0.1, 0.15) is 32.3 Å². The first-order chi connectivity index (χ1) is 9.37. The fraction of sp³-hybridized carbons (Fsp3) is 0.562. The van der Waals surface area contributed by atoms with E-state index in [0.29, 0.717) is 6.42 Å². The van der Waals surface area contributed by atoms with E-state index in [0.717, 1.165) is 31.5 Å². The molecule has 1 aliphatic heterocycles. The van der Waals surface area contributed by atoms with E-state index in [1.54, 1.807) is 12.1 Å². The van der Waals surface area contributed by atoms with Gasteiger partial charge in [-0.1, -0.05) is 26.0 Å². The molecule has 1 fully saturated rings. The van der Waals surface area contributed by atoms with Crippen LogP contribution in [-0.2, 0) is 11.2 Å². The maximum atomic E-state index is 12.4. The molecule has 0 aliphatic carbocycles. The van der Waals surface area contributed by atoms with E-state index in [9.17, 15) is 9.90 Å². The topological polar surface area (TPSA) is 66.6 Å². The normalized spacial score (nSPS) is 19.6. The molecule has 3 N–H and O–H groups in total. The third-order valence-corrected chi connectivity index (χ3v) is 3.92. The van der Waals surface area contributed by atoms with Crippen molar-refractivity contribution in [1.29, 1.82) is 0 Å². The Morgan fingerprint density at radius 3 is 2.65 bits per heavy atom. The van der Waals surface area contributed by atoms with Crippen LogP contribution in [0.15, 0.2) is 24.3 Å². The lowest BCUT2D eigenvalue weighted by Crippen LogP contribution is -2.50. The van der Waals surface area contributed by atoms with Gasteiger partial charge in [-0.05, 0) is 42.4 Å². The van der Waals surface area contributed by atoms with Gasteiger partial charge in [-0.3, -0.25) is 4.79 Å². The second-order valence-corrected chi connectivity index (χ2v) is 6.50. The van der Waals surface area contributed by atoms with Crippen LogP contribution in [0.3, 0.4) is 0 Å². The number of carbonyl (C=O) groups excluding carboxylic acids is 1. The van der Waals surface area contributed by atoms with Crippen molar-refractivity contribution in [1.82, 2.24) is 4.90 Å². The summed E-state index contributed by atoms with van der Waals surface area (Å²) in [5.41, 5.74) is 7.21. The third kappa shape index (κ3) is 3.73. The summed E-state index contributed by atoms with van der Waals surface area (Å²) in [5, 5.41) is 9.26. The molecule has 0 aromatic heterocycles. The van der Waals surface area contributed by atoms with Crippen molar-refractivity contribution in [3.63, 3.8) is 0 Å². The van der Waals surface area contributed by atoms with Crippen molar-refractivity contribution < 1.29 is 9.90 Å². The second-order valence-electron chi connectivity index (χ2n) is 6.50. The van der Waals surface area contributed by atoms with E-state index in [-0.39, 0.29) is 17.1 Å². The molecule has 4 heteroatoms. The van der Waals surface area contributed by atoms with Gasteiger partial charge < -0.3 is 15.7 Å². The van der Waals surface area contributed by atoms with Crippen LogP contribution in [0.5, 0.6) is 5.75 Å². The van der Waals surface area contributed by atoms with E-state index >= 15 is 0 Å². The minimum atomic E-state index is -0.506. The molecule has 1 heterocycles. The summed E-state index contributed by atoms with van der Waals surface area (Å²) < 4.78 is 0. The van der Waals surface area contributed by atoms with E-state index in [2.05, 4.69) is 13.8 Å². The van der Waals surface area contributed by atoms with Gasteiger partial charge in [0, 0.05) is 13.1 Å². The molecule has 1 saturated heterocycles. The lowest BCUT2D eigenvalue weighted by Gasteiger charge is -2.39. The average Bonchev–Trinajstić information content (AvgIpc) is 2.39. The highest BCUT2D eigenvalue weighted by atomic mass is 16.3. The Kier molecular flexibility index (Phi) is 4.33. The first-order valence-electron chi connectivity index (χ1n) is 7.20. The van der Waals surface area contributed by atoms with Gasteiger partial charge in [0.25, 0.3) is 0 Å². The SMILES string of the molecule is CC1(C)CCCN(C(=O)[C@@H](N)Cc2ccc(O)cc2)C1. The maximum Gasteiger partial charge on any atom is 0.239 e. The highest BCUT2D eigenvalue weighted by Gasteiger charge is 2.31. The molecule has 0 radical (unpaired) electrons. The Balaban J connectivity index is 1.96. The molecule has 1 aromatic rings. The molecule has 1 amide bonds. The summed E-state index contributed by atoms with van der Waals surface area (Å²) in [4.78, 5) is 14.3. The molecule has 0 bridgehead atoms. The first-order valence-corrected chi connectivity index (χ1v) is 7.20. The van der Waals surface area contributed by atoms with E-state index in [1.165, 1.54) is 0 Å². The molecule has 1 atom stereocenters. The lowest BCUT2D eigenvalue weighted by atomic mass is 9.84. The van der Waals surface area contributed by atoms with Crippen LogP contribution in [0.25, 0.3) is 0 Å². The number of nitrogens with two attached hydrogens (primary N) is 1. The molecule has 4 nitrogen and oxygen atoms in total. The van der Waals surface area contributed by atoms with E-state index < -0.39 is 6.04 Å². The van der Waals surface area contributed by atoms with Crippen molar-refractivity contribution in [3.05, 3.63) is 29.8 Å². The van der Waals surface area contributed by atoms with Crippen LogP contribution in [0.4, 0.5) is 0 Å². The maximum absolute atomic E-state index is 12.4. The van der Waals surface area contributed by atoms with Gasteiger partial charge in [0.2, 0.25) is 5.91 Å². The number of benzene rings is 1. The van der Waals surface area contributed by atoms with Gasteiger partial charge >= 0.3 is 0 Å². The van der Waals surface area contributed by atoms with Gasteiger partial charge in [-0.2, -0.15) is 0 Å². The molecule has 20 heavy (non-hydrogen) atoms. The zero-order valence-electron chi connectivity index (χ0n) is 12.3. The number of carbonyl (C=O) groups is 1. The number of likely N-dealkylation sites (tertiary alicyclic amines) is 1. The Morgan fingerprint density at radius 1 is 1.40 bits per heavy atom. The van der Waals surface area contributed by atoms with E-state index in [4.69, 9.17) is 5.73 Å². The predicted molar refractivity (Wildman–Crippen MR) is 79.4 cm³/mol. The van der Waals surface area contributed by atoms with E-state index in [1.807, 2.05) is 17.0 Å². The van der Waals surface area contributed by atoms with Crippen LogP contribution >= 0.6 is 0 Å². The Bertz CT molecular complexity index is 468. The van der Waals surface area contributed by atoms with Gasteiger partial charge in [0.15, 0.2) is 0 Å². The Labute approximate surface area is 120 Å². The molecule has 0 spiro atoms. The highest BCUT2D eigenvalue weighted by molar-refractivity contribution is 5.82. The minimum Gasteiger partial charge on any atom is -0.508 e. The first kappa shape index (κ1) is 14.9. The summed E-state index contributed by atoms with van der Waals surface area (Å²) in [6.07, 6.45) is 2.71. The summed E-state index contributed by atoms with van der Waals surface area (Å²) in [5.74, 6) is 0.261. The van der Waals surface area contributed by atoms with Crippen molar-refractivity contribution >= 4 is 5.91 Å². The molecular weight excluding hydrogens is 252 g/mol. The summed E-state index contributed by atoms with van der Waals surface area (Å²) in [6.45, 7) is 5.98. The fourth-order valence-corrected chi connectivity index (χ4v) is 2.82. The molecular formula is C16H24N2O2. The van der Waals surface area contributed by atoms with Crippen LogP contribution in [0.2, 0.25) is 0 Å². The summed E-state index contributed by atoms with van der Waals surface area (Å²) in [6, 6.07) is 6.35. The molecule has 0 saturated carbocycles. The number of rotatable bonds is 3. The zero-order chi connectivity index (χ0) is 14.8. The quantitative estimate of drug-likeness (QED) is 0.886. The van der Waals surface area contributed by atoms with Crippen molar-refractivity contribution in [2.45, 2.75) is 39.2 Å². The van der Waals surface area contributed by atoms with Crippen LogP contribution in [0, 0.1) is 5.41 Å². The Hall–Kier alpha value is -1.55. The minimum absolute atomic E-state index is 0.0332. The van der Waals surface area contributed by atoms with Crippen LogP contribution < -0.4 is 5.73 Å². The van der Waals surface area contributed by atoms with Gasteiger partial charge in [0.05, 0.1) is 6.04 Å². The number of phenolic OH excluding ortho intramolecular Hbond substituents is 1. The van der Waals surface area contributed by atoms with Crippen LogP contribution in [-0.4, -0.2) is 35.0 Å². The predicted octanol–water partition coefficient (Wildman–Crippen LogP) is 1.91. The summed E-state index contributed by atoms with van der Waals surface area (Å²) in [7, 11) is 0. The number of nitrogens with zero attached hydrogens (tertiary/aromatic N) is 1. The van der Waals surface area contributed by atoms with Gasteiger partial charge in [-0.25, -0.2) is 0 Å². The number of piperidine rings is 1. The fourth-order valence-electron chi connectivity index (χ4n) is 2.82. The van der Waals surface area contributed by atoms with Gasteiger partial charge in [-0.15, -0.1) is 0 Å². The molecule has 0 unspecified atom stereocenters. The average molecular weight is 276 g/mol. The Morgan fingerprint density at radius 2 is 2.05 bits per heavy atom. The highest BCUT2D eigenvalue weighted by Crippen LogP contribution is 2.28. The number of aromatic hydroxyl groups is 1. The zero-order valence-corrected chi connectivity index (χ0v) is 12.3. The second kappa shape index (κ2) is 5.83. The van der Waals surface area contributed by atoms with Crippen molar-refractivity contribution in [2.75, 3.05) is 13.1 Å². The monoisotopic (exact) mass is 276 g/mol. The summed E-state index contributed by atoms with van der Waals surface area (Å²) >= 11 is 0. The molecule has 110 valence electrons. The smallest absolute Gasteiger partial charge is 0.239 e. The molecule has 1 aromatic carbocycles. The van der Waals surface area contributed by atoms with Crippen molar-refractivity contribution in [3.8, 4) is 5.75 Å². The molecule has 1 aliphatic rings. The molecule has 2 rings (SSSR count). The van der Waals surface area contributed by atoms with Gasteiger partial charge in [0.1, 0.15) is 5.75 Å². The third-order valence-electron chi connectivity index (χ3n) is 3.92. The lowest BCUT2D eigenvalue weighted by molar-refractivity contribution is -0.135. The number of amides is 1. The number of hydrogen-bond donors (Lipinski definition) is 2. The van der Waals surface area contributed by atoms with Crippen molar-refractivity contribution in [2.24, 2.45) is 11.1 Å². The standard InChI is InChI=1S/C16H24N2O2/c1-16(2)8-3-9-18(11-16)15(20)14(17)10-12-4-6-13(19)7-5-12/h4-7,14,19H,3,8-11,17H2,1-2H3/t14-/m0/s1. The largest absolute Gasteiger partial charge is 0.508 e.